The Morgan fingerprint density at radius 1 is 1.40 bits per heavy atom. The maximum atomic E-state index is 5.94. The van der Waals surface area contributed by atoms with E-state index in [4.69, 9.17) is 39.2 Å². The van der Waals surface area contributed by atoms with Crippen molar-refractivity contribution >= 4 is 46.1 Å². The minimum absolute atomic E-state index is 0.320. The molecular weight excluding hydrogens is 279 g/mol. The van der Waals surface area contributed by atoms with Crippen LogP contribution in [-0.4, -0.2) is 10.2 Å². The van der Waals surface area contributed by atoms with Crippen molar-refractivity contribution in [2.45, 2.75) is 12.3 Å². The lowest BCUT2D eigenvalue weighted by Crippen LogP contribution is -1.81. The van der Waals surface area contributed by atoms with Crippen molar-refractivity contribution in [2.75, 3.05) is 0 Å². The highest BCUT2D eigenvalue weighted by Crippen LogP contribution is 2.37. The molecule has 7 heteroatoms. The second kappa shape index (κ2) is 4.29. The van der Waals surface area contributed by atoms with Gasteiger partial charge in [-0.15, -0.1) is 33.1 Å². The van der Waals surface area contributed by atoms with Crippen molar-refractivity contribution < 1.29 is 4.42 Å². The summed E-state index contributed by atoms with van der Waals surface area (Å²) in [5.74, 6) is 0.704. The van der Waals surface area contributed by atoms with Gasteiger partial charge in [0.2, 0.25) is 11.8 Å². The number of halogens is 3. The fraction of sp³-hybridized carbons (Fsp3) is 0.250. The lowest BCUT2D eigenvalue weighted by atomic mass is 10.3. The Bertz CT molecular complexity index is 480. The standard InChI is InChI=1S/C8H5Cl3N2OS/c1-3(9)7-12-13-8(14-7)4-2-5(10)15-6(4)11/h2-3H,1H3. The molecule has 3 nitrogen and oxygen atoms in total. The molecule has 1 unspecified atom stereocenters. The number of alkyl halides is 1. The Labute approximate surface area is 105 Å². The van der Waals surface area contributed by atoms with Crippen LogP contribution in [0.2, 0.25) is 8.67 Å². The van der Waals surface area contributed by atoms with Crippen LogP contribution in [0.1, 0.15) is 18.2 Å². The number of rotatable bonds is 2. The zero-order valence-corrected chi connectivity index (χ0v) is 10.6. The van der Waals surface area contributed by atoms with E-state index in [1.54, 1.807) is 13.0 Å². The second-order valence-electron chi connectivity index (χ2n) is 2.80. The molecule has 0 aliphatic heterocycles. The zero-order chi connectivity index (χ0) is 11.0. The number of hydrogen-bond acceptors (Lipinski definition) is 4. The van der Waals surface area contributed by atoms with E-state index in [2.05, 4.69) is 10.2 Å². The van der Waals surface area contributed by atoms with E-state index in [0.29, 0.717) is 26.0 Å². The molecule has 0 N–H and O–H groups in total. The van der Waals surface area contributed by atoms with Crippen LogP contribution in [0.5, 0.6) is 0 Å². The number of aromatic nitrogens is 2. The summed E-state index contributed by atoms with van der Waals surface area (Å²) < 4.78 is 6.44. The summed E-state index contributed by atoms with van der Waals surface area (Å²) >= 11 is 18.8. The summed E-state index contributed by atoms with van der Waals surface area (Å²) in [7, 11) is 0. The lowest BCUT2D eigenvalue weighted by Gasteiger charge is -1.92. The fourth-order valence-corrected chi connectivity index (χ4v) is 2.53. The van der Waals surface area contributed by atoms with Gasteiger partial charge in [-0.3, -0.25) is 0 Å². The Morgan fingerprint density at radius 2 is 2.13 bits per heavy atom. The molecule has 2 aromatic rings. The number of thiophene rings is 1. The lowest BCUT2D eigenvalue weighted by molar-refractivity contribution is 0.507. The minimum Gasteiger partial charge on any atom is -0.419 e. The Kier molecular flexibility index (Phi) is 3.21. The topological polar surface area (TPSA) is 38.9 Å². The summed E-state index contributed by atoms with van der Waals surface area (Å²) in [5.41, 5.74) is 0.641. The summed E-state index contributed by atoms with van der Waals surface area (Å²) in [6.07, 6.45) is 0. The average molecular weight is 284 g/mol. The largest absolute Gasteiger partial charge is 0.419 e. The van der Waals surface area contributed by atoms with Gasteiger partial charge in [-0.1, -0.05) is 23.2 Å². The monoisotopic (exact) mass is 282 g/mol. The molecule has 0 radical (unpaired) electrons. The Hall–Kier alpha value is -0.290. The van der Waals surface area contributed by atoms with Gasteiger partial charge in [0, 0.05) is 0 Å². The van der Waals surface area contributed by atoms with Crippen molar-refractivity contribution in [3.63, 3.8) is 0 Å². The molecule has 0 saturated carbocycles. The molecule has 1 atom stereocenters. The van der Waals surface area contributed by atoms with Crippen LogP contribution < -0.4 is 0 Å². The molecule has 0 aromatic carbocycles. The van der Waals surface area contributed by atoms with Gasteiger partial charge < -0.3 is 4.42 Å². The van der Waals surface area contributed by atoms with Gasteiger partial charge in [0.15, 0.2) is 0 Å². The second-order valence-corrected chi connectivity index (χ2v) is 5.74. The molecule has 2 rings (SSSR count). The molecule has 2 aromatic heterocycles. The first kappa shape index (κ1) is 11.2. The van der Waals surface area contributed by atoms with Gasteiger partial charge in [0.05, 0.1) is 9.90 Å². The van der Waals surface area contributed by atoms with Gasteiger partial charge in [-0.2, -0.15) is 0 Å². The Morgan fingerprint density at radius 3 is 2.60 bits per heavy atom. The maximum Gasteiger partial charge on any atom is 0.250 e. The van der Waals surface area contributed by atoms with Crippen LogP contribution in [0, 0.1) is 0 Å². The molecule has 0 amide bonds. The molecular formula is C8H5Cl3N2OS. The van der Waals surface area contributed by atoms with Crippen molar-refractivity contribution in [3.8, 4) is 11.5 Å². The number of nitrogens with zero attached hydrogens (tertiary/aromatic N) is 2. The van der Waals surface area contributed by atoms with E-state index >= 15 is 0 Å². The van der Waals surface area contributed by atoms with Gasteiger partial charge in [-0.25, -0.2) is 0 Å². The molecule has 0 aliphatic rings. The molecule has 15 heavy (non-hydrogen) atoms. The first-order chi connectivity index (χ1) is 7.08. The van der Waals surface area contributed by atoms with Gasteiger partial charge in [0.25, 0.3) is 0 Å². The van der Waals surface area contributed by atoms with Crippen LogP contribution in [0.25, 0.3) is 11.5 Å². The summed E-state index contributed by atoms with van der Waals surface area (Å²) in [4.78, 5) is 0. The highest BCUT2D eigenvalue weighted by Gasteiger charge is 2.16. The van der Waals surface area contributed by atoms with E-state index in [1.165, 1.54) is 11.3 Å². The highest BCUT2D eigenvalue weighted by atomic mass is 35.5. The molecule has 0 saturated heterocycles. The molecule has 0 aliphatic carbocycles. The van der Waals surface area contributed by atoms with Crippen molar-refractivity contribution in [2.24, 2.45) is 0 Å². The molecule has 2 heterocycles. The van der Waals surface area contributed by atoms with E-state index in [1.807, 2.05) is 0 Å². The summed E-state index contributed by atoms with van der Waals surface area (Å²) in [6, 6.07) is 1.69. The van der Waals surface area contributed by atoms with Crippen LogP contribution >= 0.6 is 46.1 Å². The predicted octanol–water partition coefficient (Wildman–Crippen LogP) is 4.40. The van der Waals surface area contributed by atoms with E-state index in [0.717, 1.165) is 0 Å². The normalized spacial score (nSPS) is 13.1. The third-order valence-electron chi connectivity index (χ3n) is 1.67. The Balaban J connectivity index is 2.41. The molecule has 0 spiro atoms. The molecule has 80 valence electrons. The molecule has 0 bridgehead atoms. The van der Waals surface area contributed by atoms with Crippen molar-refractivity contribution in [1.82, 2.24) is 10.2 Å². The number of hydrogen-bond donors (Lipinski definition) is 0. The highest BCUT2D eigenvalue weighted by molar-refractivity contribution is 7.20. The first-order valence-electron chi connectivity index (χ1n) is 4.00. The molecule has 0 fully saturated rings. The SMILES string of the molecule is CC(Cl)c1nnc(-c2cc(Cl)sc2Cl)o1. The third-order valence-corrected chi connectivity index (χ3v) is 3.34. The summed E-state index contributed by atoms with van der Waals surface area (Å²) in [5, 5.41) is 7.32. The van der Waals surface area contributed by atoms with Crippen LogP contribution in [-0.2, 0) is 0 Å². The zero-order valence-electron chi connectivity index (χ0n) is 7.50. The minimum atomic E-state index is -0.320. The van der Waals surface area contributed by atoms with Gasteiger partial charge in [-0.05, 0) is 13.0 Å². The third kappa shape index (κ3) is 2.28. The van der Waals surface area contributed by atoms with E-state index in [-0.39, 0.29) is 5.38 Å². The average Bonchev–Trinajstić information content (AvgIpc) is 2.71. The predicted molar refractivity (Wildman–Crippen MR) is 61.9 cm³/mol. The van der Waals surface area contributed by atoms with Gasteiger partial charge >= 0.3 is 0 Å². The maximum absolute atomic E-state index is 5.94. The summed E-state index contributed by atoms with van der Waals surface area (Å²) in [6.45, 7) is 1.75. The van der Waals surface area contributed by atoms with E-state index < -0.39 is 0 Å². The van der Waals surface area contributed by atoms with E-state index in [9.17, 15) is 0 Å². The van der Waals surface area contributed by atoms with Crippen molar-refractivity contribution in [3.05, 3.63) is 20.6 Å². The quantitative estimate of drug-likeness (QED) is 0.767. The smallest absolute Gasteiger partial charge is 0.250 e. The van der Waals surface area contributed by atoms with Crippen LogP contribution in [0.3, 0.4) is 0 Å². The van der Waals surface area contributed by atoms with Gasteiger partial charge in [0.1, 0.15) is 9.71 Å². The fourth-order valence-electron chi connectivity index (χ4n) is 0.990. The van der Waals surface area contributed by atoms with Crippen LogP contribution in [0.4, 0.5) is 0 Å². The van der Waals surface area contributed by atoms with Crippen molar-refractivity contribution in [1.29, 1.82) is 0 Å². The van der Waals surface area contributed by atoms with Crippen LogP contribution in [0.15, 0.2) is 10.5 Å². The first-order valence-corrected chi connectivity index (χ1v) is 6.01.